The second kappa shape index (κ2) is 12.8. The lowest BCUT2D eigenvalue weighted by atomic mass is 10.1. The van der Waals surface area contributed by atoms with Crippen molar-refractivity contribution in [2.24, 2.45) is 0 Å². The Hall–Kier alpha value is -3.58. The van der Waals surface area contributed by atoms with Crippen LogP contribution in [0.25, 0.3) is 0 Å². The second-order valence-corrected chi connectivity index (χ2v) is 5.92. The lowest BCUT2D eigenvalue weighted by molar-refractivity contribution is 0.0273. The third kappa shape index (κ3) is 7.81. The maximum absolute atomic E-state index is 11.3. The first-order chi connectivity index (χ1) is 14.6. The van der Waals surface area contributed by atoms with E-state index >= 15 is 0 Å². The van der Waals surface area contributed by atoms with E-state index < -0.39 is 0 Å². The van der Waals surface area contributed by atoms with Crippen molar-refractivity contribution in [1.29, 1.82) is 0 Å². The molecule has 6 heteroatoms. The van der Waals surface area contributed by atoms with E-state index in [0.29, 0.717) is 62.3 Å². The molecule has 0 aromatic heterocycles. The lowest BCUT2D eigenvalue weighted by Crippen LogP contribution is -2.13. The number of hydrogen-bond acceptors (Lipinski definition) is 6. The van der Waals surface area contributed by atoms with Crippen LogP contribution in [0.15, 0.2) is 48.5 Å². The molecule has 2 aromatic rings. The molecule has 30 heavy (non-hydrogen) atoms. The van der Waals surface area contributed by atoms with E-state index in [2.05, 4.69) is 11.8 Å². The van der Waals surface area contributed by atoms with Gasteiger partial charge in [0.2, 0.25) is 11.6 Å². The van der Waals surface area contributed by atoms with Crippen LogP contribution in [0, 0.1) is 24.7 Å². The van der Waals surface area contributed by atoms with Gasteiger partial charge in [-0.1, -0.05) is 0 Å². The number of terminal acetylenes is 2. The van der Waals surface area contributed by atoms with Gasteiger partial charge in [0.25, 0.3) is 0 Å². The molecular weight excluding hydrogens is 384 g/mol. The van der Waals surface area contributed by atoms with Crippen molar-refractivity contribution in [3.8, 4) is 36.2 Å². The maximum atomic E-state index is 11.3. The number of ketones is 2. The zero-order valence-corrected chi connectivity index (χ0v) is 16.5. The van der Waals surface area contributed by atoms with E-state index in [-0.39, 0.29) is 11.6 Å². The molecule has 0 fully saturated rings. The Labute approximate surface area is 176 Å². The van der Waals surface area contributed by atoms with Gasteiger partial charge in [-0.2, -0.15) is 0 Å². The topological polar surface area (TPSA) is 71.1 Å². The molecule has 6 nitrogen and oxygen atoms in total. The molecule has 0 spiro atoms. The van der Waals surface area contributed by atoms with Crippen molar-refractivity contribution in [3.63, 3.8) is 0 Å². The summed E-state index contributed by atoms with van der Waals surface area (Å²) in [5.41, 5.74) is 0.913. The summed E-state index contributed by atoms with van der Waals surface area (Å²) in [4.78, 5) is 22.7. The van der Waals surface area contributed by atoms with Crippen LogP contribution in [0.5, 0.6) is 11.5 Å². The smallest absolute Gasteiger partial charge is 0.235 e. The summed E-state index contributed by atoms with van der Waals surface area (Å²) in [6.07, 6.45) is 10.1. The standard InChI is InChI=1S/C24H22O6/c1-3-23(25)19-5-9-21(10-6-19)29-17-15-27-13-14-28-16-18-30-22-11-7-20(8-12-22)24(26)4-2/h1-2,5-12H,13-18H2. The van der Waals surface area contributed by atoms with Crippen LogP contribution in [0.2, 0.25) is 0 Å². The number of carbonyl (C=O) groups is 2. The van der Waals surface area contributed by atoms with Crippen LogP contribution in [0.1, 0.15) is 20.7 Å². The summed E-state index contributed by atoms with van der Waals surface area (Å²) in [7, 11) is 0. The van der Waals surface area contributed by atoms with E-state index in [0.717, 1.165) is 0 Å². The molecule has 154 valence electrons. The normalized spacial score (nSPS) is 9.93. The number of carbonyl (C=O) groups excluding carboxylic acids is 2. The Morgan fingerprint density at radius 1 is 0.600 bits per heavy atom. The Balaban J connectivity index is 1.47. The predicted molar refractivity (Wildman–Crippen MR) is 112 cm³/mol. The van der Waals surface area contributed by atoms with Gasteiger partial charge in [-0.15, -0.1) is 12.8 Å². The van der Waals surface area contributed by atoms with Gasteiger partial charge in [-0.3, -0.25) is 9.59 Å². The molecule has 0 aliphatic carbocycles. The summed E-state index contributed by atoms with van der Waals surface area (Å²) < 4.78 is 21.9. The lowest BCUT2D eigenvalue weighted by Gasteiger charge is -2.09. The first-order valence-corrected chi connectivity index (χ1v) is 9.27. The molecular formula is C24H22O6. The van der Waals surface area contributed by atoms with Crippen molar-refractivity contribution in [2.45, 2.75) is 0 Å². The van der Waals surface area contributed by atoms with Crippen molar-refractivity contribution >= 4 is 11.6 Å². The van der Waals surface area contributed by atoms with Crippen molar-refractivity contribution in [1.82, 2.24) is 0 Å². The van der Waals surface area contributed by atoms with E-state index in [4.69, 9.17) is 31.8 Å². The van der Waals surface area contributed by atoms with Gasteiger partial charge in [-0.25, -0.2) is 0 Å². The van der Waals surface area contributed by atoms with Gasteiger partial charge in [0, 0.05) is 11.1 Å². The Morgan fingerprint density at radius 3 is 1.27 bits per heavy atom. The number of ether oxygens (including phenoxy) is 4. The monoisotopic (exact) mass is 406 g/mol. The van der Waals surface area contributed by atoms with Gasteiger partial charge < -0.3 is 18.9 Å². The molecule has 0 atom stereocenters. The molecule has 0 heterocycles. The number of hydrogen-bond donors (Lipinski definition) is 0. The highest BCUT2D eigenvalue weighted by Gasteiger charge is 2.03. The summed E-state index contributed by atoms with van der Waals surface area (Å²) >= 11 is 0. The van der Waals surface area contributed by atoms with E-state index in [9.17, 15) is 9.59 Å². The second-order valence-electron chi connectivity index (χ2n) is 5.92. The number of rotatable bonds is 13. The first kappa shape index (κ1) is 22.7. The molecule has 0 saturated heterocycles. The highest BCUT2D eigenvalue weighted by molar-refractivity contribution is 6.09. The van der Waals surface area contributed by atoms with Gasteiger partial charge >= 0.3 is 0 Å². The van der Waals surface area contributed by atoms with Gasteiger partial charge in [0.05, 0.1) is 26.4 Å². The zero-order valence-electron chi connectivity index (χ0n) is 16.5. The quantitative estimate of drug-likeness (QED) is 0.221. The van der Waals surface area contributed by atoms with Crippen molar-refractivity contribution in [3.05, 3.63) is 59.7 Å². The van der Waals surface area contributed by atoms with Crippen LogP contribution in [0.4, 0.5) is 0 Å². The molecule has 0 aliphatic heterocycles. The molecule has 0 unspecified atom stereocenters. The van der Waals surface area contributed by atoms with Gasteiger partial charge in [0.1, 0.15) is 24.7 Å². The predicted octanol–water partition coefficient (Wildman–Crippen LogP) is 2.81. The molecule has 0 saturated carbocycles. The van der Waals surface area contributed by atoms with Gasteiger partial charge in [-0.05, 0) is 60.4 Å². The Kier molecular flexibility index (Phi) is 9.68. The first-order valence-electron chi connectivity index (χ1n) is 9.27. The number of benzene rings is 2. The average molecular weight is 406 g/mol. The van der Waals surface area contributed by atoms with Crippen LogP contribution >= 0.6 is 0 Å². The molecule has 0 radical (unpaired) electrons. The number of Topliss-reactive ketones (excluding diaryl/α,β-unsaturated/α-hetero) is 2. The zero-order chi connectivity index (χ0) is 21.6. The van der Waals surface area contributed by atoms with Crippen LogP contribution < -0.4 is 9.47 Å². The van der Waals surface area contributed by atoms with Crippen molar-refractivity contribution in [2.75, 3.05) is 39.6 Å². The fourth-order valence-electron chi connectivity index (χ4n) is 2.33. The van der Waals surface area contributed by atoms with E-state index in [1.54, 1.807) is 48.5 Å². The molecule has 0 amide bonds. The van der Waals surface area contributed by atoms with Crippen molar-refractivity contribution < 1.29 is 28.5 Å². The molecule has 0 aliphatic rings. The fraction of sp³-hybridized carbons (Fsp3) is 0.250. The molecule has 0 bridgehead atoms. The summed E-state index contributed by atoms with van der Waals surface area (Å²) in [5.74, 6) is 4.69. The highest BCUT2D eigenvalue weighted by atomic mass is 16.6. The molecule has 0 N–H and O–H groups in total. The Morgan fingerprint density at radius 2 is 0.933 bits per heavy atom. The van der Waals surface area contributed by atoms with Gasteiger partial charge in [0.15, 0.2) is 0 Å². The minimum absolute atomic E-state index is 0.357. The minimum Gasteiger partial charge on any atom is -0.491 e. The fourth-order valence-corrected chi connectivity index (χ4v) is 2.33. The van der Waals surface area contributed by atoms with E-state index in [1.807, 2.05) is 0 Å². The van der Waals surface area contributed by atoms with Crippen LogP contribution in [-0.4, -0.2) is 51.2 Å². The average Bonchev–Trinajstić information content (AvgIpc) is 2.80. The van der Waals surface area contributed by atoms with Crippen LogP contribution in [-0.2, 0) is 9.47 Å². The maximum Gasteiger partial charge on any atom is 0.235 e. The summed E-state index contributed by atoms with van der Waals surface area (Å²) in [5, 5.41) is 0. The van der Waals surface area contributed by atoms with E-state index in [1.165, 1.54) is 0 Å². The summed E-state index contributed by atoms with van der Waals surface area (Å²) in [6.45, 7) is 2.44. The SMILES string of the molecule is C#CC(=O)c1ccc(OCCOCCOCCOc2ccc(C(=O)C#C)cc2)cc1. The Bertz CT molecular complexity index is 823. The molecule has 2 rings (SSSR count). The third-order valence-electron chi connectivity index (χ3n) is 3.86. The highest BCUT2D eigenvalue weighted by Crippen LogP contribution is 2.13. The largest absolute Gasteiger partial charge is 0.491 e. The summed E-state index contributed by atoms with van der Waals surface area (Å²) in [6, 6.07) is 13.3. The third-order valence-corrected chi connectivity index (χ3v) is 3.86. The molecule has 2 aromatic carbocycles. The van der Waals surface area contributed by atoms with Crippen LogP contribution in [0.3, 0.4) is 0 Å². The minimum atomic E-state index is -0.357.